The van der Waals surface area contributed by atoms with Crippen LogP contribution in [0.1, 0.15) is 22.9 Å². The minimum absolute atomic E-state index is 0.678. The van der Waals surface area contributed by atoms with Crippen molar-refractivity contribution in [2.75, 3.05) is 7.11 Å². The molecule has 0 saturated heterocycles. The first-order valence-corrected chi connectivity index (χ1v) is 6.87. The van der Waals surface area contributed by atoms with Gasteiger partial charge in [-0.3, -0.25) is 4.98 Å². The van der Waals surface area contributed by atoms with Gasteiger partial charge in [0.25, 0.3) is 0 Å². The van der Waals surface area contributed by atoms with Gasteiger partial charge in [-0.15, -0.1) is 0 Å². The summed E-state index contributed by atoms with van der Waals surface area (Å²) < 4.78 is 5.15. The Morgan fingerprint density at radius 1 is 1.05 bits per heavy atom. The lowest BCUT2D eigenvalue weighted by molar-refractivity contribution is 0.221. The second kappa shape index (κ2) is 5.54. The molecule has 0 aliphatic heterocycles. The summed E-state index contributed by atoms with van der Waals surface area (Å²) in [5.41, 5.74) is 3.52. The molecule has 1 heterocycles. The van der Waals surface area contributed by atoms with Crippen molar-refractivity contribution in [3.63, 3.8) is 0 Å². The minimum atomic E-state index is -0.678. The van der Waals surface area contributed by atoms with Crippen LogP contribution in [0.3, 0.4) is 0 Å². The maximum absolute atomic E-state index is 10.7. The molecule has 0 bridgehead atoms. The van der Waals surface area contributed by atoms with E-state index < -0.39 is 6.10 Å². The van der Waals surface area contributed by atoms with Crippen molar-refractivity contribution in [3.05, 3.63) is 71.4 Å². The van der Waals surface area contributed by atoms with Gasteiger partial charge in [0.05, 0.1) is 12.6 Å². The van der Waals surface area contributed by atoms with Crippen LogP contribution in [-0.2, 0) is 0 Å². The maximum atomic E-state index is 10.7. The van der Waals surface area contributed by atoms with Gasteiger partial charge in [-0.1, -0.05) is 30.3 Å². The first-order chi connectivity index (χ1) is 10.2. The third-order valence-electron chi connectivity index (χ3n) is 3.60. The monoisotopic (exact) mass is 279 g/mol. The van der Waals surface area contributed by atoms with Crippen LogP contribution in [0, 0.1) is 6.92 Å². The van der Waals surface area contributed by atoms with Crippen molar-refractivity contribution in [1.82, 2.24) is 4.98 Å². The number of hydrogen-bond donors (Lipinski definition) is 1. The number of aryl methyl sites for hydroxylation is 1. The van der Waals surface area contributed by atoms with Crippen molar-refractivity contribution in [2.24, 2.45) is 0 Å². The van der Waals surface area contributed by atoms with Crippen molar-refractivity contribution in [1.29, 1.82) is 0 Å². The molecule has 21 heavy (non-hydrogen) atoms. The summed E-state index contributed by atoms with van der Waals surface area (Å²) in [6.07, 6.45) is -0.678. The third kappa shape index (κ3) is 2.60. The maximum Gasteiger partial charge on any atom is 0.118 e. The zero-order valence-electron chi connectivity index (χ0n) is 12.1. The third-order valence-corrected chi connectivity index (χ3v) is 3.60. The Morgan fingerprint density at radius 3 is 2.48 bits per heavy atom. The van der Waals surface area contributed by atoms with Crippen LogP contribution >= 0.6 is 0 Å². The van der Waals surface area contributed by atoms with Gasteiger partial charge >= 0.3 is 0 Å². The van der Waals surface area contributed by atoms with E-state index >= 15 is 0 Å². The lowest BCUT2D eigenvalue weighted by atomic mass is 9.97. The highest BCUT2D eigenvalue weighted by molar-refractivity contribution is 5.83. The molecule has 3 heteroatoms. The fourth-order valence-electron chi connectivity index (χ4n) is 2.53. The van der Waals surface area contributed by atoms with E-state index in [1.807, 2.05) is 61.5 Å². The van der Waals surface area contributed by atoms with Crippen molar-refractivity contribution in [2.45, 2.75) is 13.0 Å². The molecule has 3 rings (SSSR count). The Bertz CT molecular complexity index is 766. The van der Waals surface area contributed by atoms with Crippen LogP contribution in [0.5, 0.6) is 5.75 Å². The van der Waals surface area contributed by atoms with Crippen LogP contribution in [0.25, 0.3) is 10.9 Å². The Kier molecular flexibility index (Phi) is 3.59. The molecule has 0 saturated carbocycles. The number of aliphatic hydroxyl groups is 1. The zero-order chi connectivity index (χ0) is 14.8. The van der Waals surface area contributed by atoms with E-state index in [1.54, 1.807) is 7.11 Å². The van der Waals surface area contributed by atoms with E-state index in [0.717, 1.165) is 33.5 Å². The van der Waals surface area contributed by atoms with Crippen LogP contribution in [0.15, 0.2) is 54.6 Å². The molecule has 3 aromatic rings. The lowest BCUT2D eigenvalue weighted by Crippen LogP contribution is -2.02. The fourth-order valence-corrected chi connectivity index (χ4v) is 2.53. The van der Waals surface area contributed by atoms with Gasteiger partial charge in [0, 0.05) is 11.1 Å². The molecule has 1 unspecified atom stereocenters. The van der Waals surface area contributed by atoms with Gasteiger partial charge < -0.3 is 9.84 Å². The quantitative estimate of drug-likeness (QED) is 0.796. The van der Waals surface area contributed by atoms with Gasteiger partial charge in [-0.25, -0.2) is 0 Å². The number of hydrogen-bond acceptors (Lipinski definition) is 3. The summed E-state index contributed by atoms with van der Waals surface area (Å²) in [6, 6.07) is 17.3. The fraction of sp³-hybridized carbons (Fsp3) is 0.167. The molecule has 2 aromatic carbocycles. The van der Waals surface area contributed by atoms with Gasteiger partial charge in [0.15, 0.2) is 0 Å². The normalized spacial score (nSPS) is 12.3. The first-order valence-electron chi connectivity index (χ1n) is 6.87. The number of aliphatic hydroxyl groups excluding tert-OH is 1. The highest BCUT2D eigenvalue weighted by atomic mass is 16.5. The van der Waals surface area contributed by atoms with Crippen molar-refractivity contribution < 1.29 is 9.84 Å². The van der Waals surface area contributed by atoms with Crippen LogP contribution in [-0.4, -0.2) is 17.2 Å². The lowest BCUT2D eigenvalue weighted by Gasteiger charge is -2.15. The second-order valence-corrected chi connectivity index (χ2v) is 5.05. The predicted molar refractivity (Wildman–Crippen MR) is 83.5 cm³/mol. The summed E-state index contributed by atoms with van der Waals surface area (Å²) in [6.45, 7) is 1.94. The molecule has 0 fully saturated rings. The van der Waals surface area contributed by atoms with Crippen molar-refractivity contribution in [3.8, 4) is 5.75 Å². The Balaban J connectivity index is 2.09. The molecule has 0 radical (unpaired) electrons. The molecule has 1 aromatic heterocycles. The second-order valence-electron chi connectivity index (χ2n) is 5.05. The SMILES string of the molecule is COc1ccc(C(O)c2cc(C)nc3ccccc23)cc1. The number of methoxy groups -OCH3 is 1. The predicted octanol–water partition coefficient (Wildman–Crippen LogP) is 3.63. The van der Waals surface area contributed by atoms with Gasteiger partial charge in [0.1, 0.15) is 11.9 Å². The highest BCUT2D eigenvalue weighted by Crippen LogP contribution is 2.29. The Labute approximate surface area is 123 Å². The Hall–Kier alpha value is -2.39. The number of benzene rings is 2. The Morgan fingerprint density at radius 2 is 1.76 bits per heavy atom. The topological polar surface area (TPSA) is 42.4 Å². The van der Waals surface area contributed by atoms with E-state index in [9.17, 15) is 5.11 Å². The zero-order valence-corrected chi connectivity index (χ0v) is 12.1. The molecule has 0 spiro atoms. The van der Waals surface area contributed by atoms with E-state index in [1.165, 1.54) is 0 Å². The van der Waals surface area contributed by atoms with Crippen LogP contribution < -0.4 is 4.74 Å². The number of fused-ring (bicyclic) bond motifs is 1. The van der Waals surface area contributed by atoms with Crippen molar-refractivity contribution >= 4 is 10.9 Å². The molecule has 1 N–H and O–H groups in total. The number of ether oxygens (including phenoxy) is 1. The molecule has 106 valence electrons. The van der Waals surface area contributed by atoms with Crippen LogP contribution in [0.4, 0.5) is 0 Å². The summed E-state index contributed by atoms with van der Waals surface area (Å²) in [4.78, 5) is 4.51. The van der Waals surface area contributed by atoms with Gasteiger partial charge in [0.2, 0.25) is 0 Å². The largest absolute Gasteiger partial charge is 0.497 e. The molecular formula is C18H17NO2. The van der Waals surface area contributed by atoms with Gasteiger partial charge in [-0.05, 0) is 42.3 Å². The molecule has 0 amide bonds. The number of pyridine rings is 1. The number of aromatic nitrogens is 1. The molecular weight excluding hydrogens is 262 g/mol. The van der Waals surface area contributed by atoms with E-state index in [0.29, 0.717) is 0 Å². The van der Waals surface area contributed by atoms with E-state index in [-0.39, 0.29) is 0 Å². The van der Waals surface area contributed by atoms with E-state index in [2.05, 4.69) is 4.98 Å². The standard InChI is InChI=1S/C18H17NO2/c1-12-11-16(15-5-3-4-6-17(15)19-12)18(20)13-7-9-14(21-2)10-8-13/h3-11,18,20H,1-2H3. The molecule has 3 nitrogen and oxygen atoms in total. The average molecular weight is 279 g/mol. The number of nitrogens with zero attached hydrogens (tertiary/aromatic N) is 1. The minimum Gasteiger partial charge on any atom is -0.497 e. The first kappa shape index (κ1) is 13.6. The number of para-hydroxylation sites is 1. The summed E-state index contributed by atoms with van der Waals surface area (Å²) in [5, 5.41) is 11.7. The van der Waals surface area contributed by atoms with Gasteiger partial charge in [-0.2, -0.15) is 0 Å². The number of rotatable bonds is 3. The molecule has 1 atom stereocenters. The average Bonchev–Trinajstić information content (AvgIpc) is 2.53. The summed E-state index contributed by atoms with van der Waals surface area (Å²) >= 11 is 0. The van der Waals surface area contributed by atoms with E-state index in [4.69, 9.17) is 4.74 Å². The molecule has 0 aliphatic carbocycles. The molecule has 0 aliphatic rings. The summed E-state index contributed by atoms with van der Waals surface area (Å²) in [5.74, 6) is 0.779. The smallest absolute Gasteiger partial charge is 0.118 e. The summed E-state index contributed by atoms with van der Waals surface area (Å²) in [7, 11) is 1.63. The highest BCUT2D eigenvalue weighted by Gasteiger charge is 2.15. The van der Waals surface area contributed by atoms with Crippen LogP contribution in [0.2, 0.25) is 0 Å².